The van der Waals surface area contributed by atoms with Crippen LogP contribution in [0.4, 0.5) is 10.1 Å². The monoisotopic (exact) mass is 476 g/mol. The summed E-state index contributed by atoms with van der Waals surface area (Å²) in [6.07, 6.45) is 0. The van der Waals surface area contributed by atoms with E-state index in [1.807, 2.05) is 0 Å². The van der Waals surface area contributed by atoms with Crippen LogP contribution in [0.1, 0.15) is 10.4 Å². The molecular formula is C21H21FN4O6S. The predicted octanol–water partition coefficient (Wildman–Crippen LogP) is 0.960. The van der Waals surface area contributed by atoms with Crippen molar-refractivity contribution in [2.24, 2.45) is 0 Å². The van der Waals surface area contributed by atoms with E-state index in [9.17, 15) is 27.2 Å². The fourth-order valence-corrected chi connectivity index (χ4v) is 4.02. The number of nitrogens with one attached hydrogen (secondary N) is 4. The predicted molar refractivity (Wildman–Crippen MR) is 119 cm³/mol. The second kappa shape index (κ2) is 10.2. The molecule has 0 unspecified atom stereocenters. The molecule has 10 nitrogen and oxygen atoms in total. The van der Waals surface area contributed by atoms with Crippen LogP contribution in [0.15, 0.2) is 58.2 Å². The third-order valence-electron chi connectivity index (χ3n) is 4.50. The summed E-state index contributed by atoms with van der Waals surface area (Å²) < 4.78 is 45.8. The maximum absolute atomic E-state index is 13.1. The van der Waals surface area contributed by atoms with Gasteiger partial charge in [-0.15, -0.1) is 0 Å². The van der Waals surface area contributed by atoms with Gasteiger partial charge in [0, 0.05) is 36.3 Å². The lowest BCUT2D eigenvalue weighted by atomic mass is 10.1. The largest absolute Gasteiger partial charge is 0.383 e. The van der Waals surface area contributed by atoms with Crippen LogP contribution in [0.2, 0.25) is 0 Å². The molecule has 2 amide bonds. The number of amides is 2. The van der Waals surface area contributed by atoms with Gasteiger partial charge >= 0.3 is 0 Å². The Kier molecular flexibility index (Phi) is 7.41. The molecule has 0 saturated carbocycles. The molecule has 1 aromatic heterocycles. The van der Waals surface area contributed by atoms with E-state index >= 15 is 0 Å². The highest BCUT2D eigenvalue weighted by Crippen LogP contribution is 2.22. The van der Waals surface area contributed by atoms with Crippen LogP contribution in [0, 0.1) is 5.82 Å². The van der Waals surface area contributed by atoms with Crippen LogP contribution in [0.25, 0.3) is 10.9 Å². The lowest BCUT2D eigenvalue weighted by Crippen LogP contribution is -2.38. The Labute approximate surface area is 188 Å². The van der Waals surface area contributed by atoms with Crippen molar-refractivity contribution in [3.8, 4) is 0 Å². The van der Waals surface area contributed by atoms with Gasteiger partial charge in [0.2, 0.25) is 11.5 Å². The molecule has 0 fully saturated rings. The topological polar surface area (TPSA) is 146 Å². The molecule has 0 aliphatic heterocycles. The number of pyridine rings is 1. The van der Waals surface area contributed by atoms with Gasteiger partial charge in [-0.1, -0.05) is 0 Å². The van der Waals surface area contributed by atoms with Gasteiger partial charge < -0.3 is 20.4 Å². The molecule has 0 aliphatic rings. The van der Waals surface area contributed by atoms with E-state index in [1.165, 1.54) is 37.4 Å². The van der Waals surface area contributed by atoms with Crippen LogP contribution in [-0.2, 0) is 19.6 Å². The highest BCUT2D eigenvalue weighted by molar-refractivity contribution is 7.92. The van der Waals surface area contributed by atoms with E-state index in [1.54, 1.807) is 0 Å². The summed E-state index contributed by atoms with van der Waals surface area (Å²) >= 11 is 0. The first kappa shape index (κ1) is 23.9. The molecule has 0 bridgehead atoms. The van der Waals surface area contributed by atoms with Gasteiger partial charge in [0.25, 0.3) is 15.9 Å². The number of halogens is 1. The van der Waals surface area contributed by atoms with Crippen molar-refractivity contribution < 1.29 is 27.1 Å². The molecule has 0 radical (unpaired) electrons. The third-order valence-corrected chi connectivity index (χ3v) is 5.88. The van der Waals surface area contributed by atoms with Crippen molar-refractivity contribution in [3.63, 3.8) is 0 Å². The number of hydrogen-bond donors (Lipinski definition) is 4. The van der Waals surface area contributed by atoms with E-state index in [4.69, 9.17) is 4.74 Å². The molecule has 0 atom stereocenters. The number of hydrogen-bond acceptors (Lipinski definition) is 6. The zero-order chi connectivity index (χ0) is 24.0. The zero-order valence-electron chi connectivity index (χ0n) is 17.5. The maximum atomic E-state index is 13.1. The molecule has 3 rings (SSSR count). The quantitative estimate of drug-likeness (QED) is 0.338. The minimum absolute atomic E-state index is 0.0997. The highest BCUT2D eigenvalue weighted by atomic mass is 32.2. The van der Waals surface area contributed by atoms with E-state index in [2.05, 4.69) is 20.3 Å². The molecule has 174 valence electrons. The average molecular weight is 476 g/mol. The zero-order valence-corrected chi connectivity index (χ0v) is 18.3. The highest BCUT2D eigenvalue weighted by Gasteiger charge is 2.19. The second-order valence-corrected chi connectivity index (χ2v) is 8.57. The van der Waals surface area contributed by atoms with E-state index in [-0.39, 0.29) is 40.1 Å². The molecule has 0 aliphatic carbocycles. The van der Waals surface area contributed by atoms with Gasteiger partial charge in [-0.2, -0.15) is 0 Å². The van der Waals surface area contributed by atoms with Crippen molar-refractivity contribution in [2.45, 2.75) is 4.90 Å². The Morgan fingerprint density at radius 3 is 2.48 bits per heavy atom. The number of H-pyrrole nitrogens is 1. The number of carbonyl (C=O) groups is 2. The van der Waals surface area contributed by atoms with E-state index < -0.39 is 33.2 Å². The smallest absolute Gasteiger partial charge is 0.261 e. The summed E-state index contributed by atoms with van der Waals surface area (Å²) in [5.74, 6) is -1.70. The third kappa shape index (κ3) is 6.14. The van der Waals surface area contributed by atoms with Crippen LogP contribution in [0.5, 0.6) is 0 Å². The van der Waals surface area contributed by atoms with Gasteiger partial charge in [0.15, 0.2) is 0 Å². The number of aromatic amines is 1. The Morgan fingerprint density at radius 2 is 1.79 bits per heavy atom. The first-order valence-electron chi connectivity index (χ1n) is 9.69. The van der Waals surface area contributed by atoms with Crippen LogP contribution in [0.3, 0.4) is 0 Å². The number of sulfonamides is 1. The summed E-state index contributed by atoms with van der Waals surface area (Å²) in [5.41, 5.74) is -0.289. The minimum Gasteiger partial charge on any atom is -0.383 e. The lowest BCUT2D eigenvalue weighted by molar-refractivity contribution is -0.120. The number of carbonyl (C=O) groups excluding carboxylic acids is 2. The molecule has 0 saturated heterocycles. The number of methoxy groups -OCH3 is 1. The fourth-order valence-electron chi connectivity index (χ4n) is 2.93. The number of benzene rings is 2. The maximum Gasteiger partial charge on any atom is 0.261 e. The van der Waals surface area contributed by atoms with Crippen molar-refractivity contribution >= 4 is 38.4 Å². The Balaban J connectivity index is 1.87. The summed E-state index contributed by atoms with van der Waals surface area (Å²) in [4.78, 5) is 38.8. The van der Waals surface area contributed by atoms with Crippen LogP contribution in [-0.4, -0.2) is 52.0 Å². The van der Waals surface area contributed by atoms with Gasteiger partial charge in [-0.25, -0.2) is 12.8 Å². The summed E-state index contributed by atoms with van der Waals surface area (Å²) in [7, 11) is -2.60. The first-order valence-corrected chi connectivity index (χ1v) is 11.2. The lowest BCUT2D eigenvalue weighted by Gasteiger charge is -2.11. The first-order chi connectivity index (χ1) is 15.7. The van der Waals surface area contributed by atoms with Gasteiger partial charge in [0.05, 0.1) is 23.6 Å². The molecule has 3 aromatic rings. The Hall–Kier alpha value is -3.77. The second-order valence-electron chi connectivity index (χ2n) is 6.89. The SMILES string of the molecule is COCCNC(=O)CNC(=O)c1cc(=O)[nH]c2ccc(S(=O)(=O)Nc3ccc(F)cc3)cc12. The summed E-state index contributed by atoms with van der Waals surface area (Å²) in [6, 6.07) is 9.60. The van der Waals surface area contributed by atoms with Crippen LogP contribution >= 0.6 is 0 Å². The van der Waals surface area contributed by atoms with Crippen molar-refractivity contribution in [1.82, 2.24) is 15.6 Å². The summed E-state index contributed by atoms with van der Waals surface area (Å²) in [6.45, 7) is 0.226. The Morgan fingerprint density at radius 1 is 1.06 bits per heavy atom. The molecule has 12 heteroatoms. The van der Waals surface area contributed by atoms with Crippen molar-refractivity contribution in [3.05, 3.63) is 70.3 Å². The number of fused-ring (bicyclic) bond motifs is 1. The van der Waals surface area contributed by atoms with Crippen LogP contribution < -0.4 is 20.9 Å². The van der Waals surface area contributed by atoms with Crippen molar-refractivity contribution in [2.75, 3.05) is 31.5 Å². The van der Waals surface area contributed by atoms with Gasteiger partial charge in [0.1, 0.15) is 5.82 Å². The number of anilines is 1. The summed E-state index contributed by atoms with van der Waals surface area (Å²) in [5, 5.41) is 5.10. The normalized spacial score (nSPS) is 11.2. The Bertz CT molecular complexity index is 1340. The average Bonchev–Trinajstić information content (AvgIpc) is 2.78. The molecular weight excluding hydrogens is 455 g/mol. The molecule has 33 heavy (non-hydrogen) atoms. The van der Waals surface area contributed by atoms with E-state index in [0.29, 0.717) is 6.61 Å². The molecule has 4 N–H and O–H groups in total. The molecule has 0 spiro atoms. The van der Waals surface area contributed by atoms with Gasteiger partial charge in [-0.05, 0) is 42.5 Å². The minimum atomic E-state index is -4.08. The van der Waals surface area contributed by atoms with Gasteiger partial charge in [-0.3, -0.25) is 19.1 Å². The van der Waals surface area contributed by atoms with Crippen molar-refractivity contribution in [1.29, 1.82) is 0 Å². The number of rotatable bonds is 9. The molecule has 2 aromatic carbocycles. The van der Waals surface area contributed by atoms with E-state index in [0.717, 1.165) is 18.2 Å². The number of aromatic nitrogens is 1. The number of ether oxygens (including phenoxy) is 1. The fraction of sp³-hybridized carbons (Fsp3) is 0.190. The standard InChI is InChI=1S/C21H21FN4O6S/c1-32-9-8-23-20(28)12-24-21(29)17-11-19(27)25-18-7-6-15(10-16(17)18)33(30,31)26-14-4-2-13(22)3-5-14/h2-7,10-11,26H,8-9,12H2,1H3,(H,23,28)(H,24,29)(H,25,27). The molecule has 1 heterocycles.